The van der Waals surface area contributed by atoms with E-state index in [2.05, 4.69) is 64.5 Å². The minimum absolute atomic E-state index is 0.603. The SMILES string of the molecule is C=C(/C=C(/CC)N(C)CC(=CC)N1CCN(c2nnc(C)o2)CC1)c1cccc(Cl)c1. The van der Waals surface area contributed by atoms with E-state index in [9.17, 15) is 0 Å². The van der Waals surface area contributed by atoms with E-state index in [1.165, 1.54) is 11.4 Å². The van der Waals surface area contributed by atoms with Gasteiger partial charge in [-0.3, -0.25) is 0 Å². The lowest BCUT2D eigenvalue weighted by Crippen LogP contribution is -2.47. The number of rotatable bonds is 8. The summed E-state index contributed by atoms with van der Waals surface area (Å²) in [6.45, 7) is 14.8. The van der Waals surface area contributed by atoms with Crippen molar-refractivity contribution in [3.63, 3.8) is 0 Å². The first-order valence-corrected chi connectivity index (χ1v) is 11.1. The molecule has 1 aromatic heterocycles. The maximum atomic E-state index is 6.14. The molecule has 166 valence electrons. The number of allylic oxidation sites excluding steroid dienone is 4. The highest BCUT2D eigenvalue weighted by Gasteiger charge is 2.22. The highest BCUT2D eigenvalue weighted by Crippen LogP contribution is 2.23. The summed E-state index contributed by atoms with van der Waals surface area (Å²) in [7, 11) is 2.14. The third kappa shape index (κ3) is 5.91. The summed E-state index contributed by atoms with van der Waals surface area (Å²) in [5, 5.41) is 8.81. The third-order valence-electron chi connectivity index (χ3n) is 5.59. The first-order valence-electron chi connectivity index (χ1n) is 10.7. The lowest BCUT2D eigenvalue weighted by molar-refractivity contribution is 0.281. The predicted molar refractivity (Wildman–Crippen MR) is 128 cm³/mol. The fourth-order valence-corrected chi connectivity index (χ4v) is 3.96. The summed E-state index contributed by atoms with van der Waals surface area (Å²) in [6, 6.07) is 8.45. The van der Waals surface area contributed by atoms with Gasteiger partial charge in [-0.05, 0) is 42.7 Å². The summed E-state index contributed by atoms with van der Waals surface area (Å²) in [4.78, 5) is 6.90. The van der Waals surface area contributed by atoms with Gasteiger partial charge in [0.1, 0.15) is 0 Å². The Hall–Kier alpha value is -2.73. The minimum atomic E-state index is 0.603. The van der Waals surface area contributed by atoms with Crippen LogP contribution in [0.15, 0.2) is 58.8 Å². The van der Waals surface area contributed by atoms with Crippen LogP contribution in [0.1, 0.15) is 31.7 Å². The number of hydrogen-bond donors (Lipinski definition) is 0. The van der Waals surface area contributed by atoms with Crippen LogP contribution in [0.2, 0.25) is 5.02 Å². The quantitative estimate of drug-likeness (QED) is 0.537. The second-order valence-electron chi connectivity index (χ2n) is 7.74. The number of anilines is 1. The van der Waals surface area contributed by atoms with E-state index >= 15 is 0 Å². The number of aryl methyl sites for hydroxylation is 1. The van der Waals surface area contributed by atoms with Gasteiger partial charge in [0.25, 0.3) is 0 Å². The van der Waals surface area contributed by atoms with Crippen LogP contribution >= 0.6 is 11.6 Å². The number of piperazine rings is 1. The molecule has 3 rings (SSSR count). The van der Waals surface area contributed by atoms with Crippen molar-refractivity contribution in [3.8, 4) is 0 Å². The van der Waals surface area contributed by atoms with Crippen molar-refractivity contribution in [2.45, 2.75) is 27.2 Å². The monoisotopic (exact) mass is 441 g/mol. The lowest BCUT2D eigenvalue weighted by atomic mass is 10.1. The molecule has 1 fully saturated rings. The van der Waals surface area contributed by atoms with Crippen molar-refractivity contribution < 1.29 is 4.42 Å². The van der Waals surface area contributed by atoms with Crippen molar-refractivity contribution in [3.05, 3.63) is 70.9 Å². The number of benzene rings is 1. The normalized spacial score (nSPS) is 15.4. The zero-order valence-electron chi connectivity index (χ0n) is 18.9. The molecule has 0 unspecified atom stereocenters. The van der Waals surface area contributed by atoms with E-state index < -0.39 is 0 Å². The summed E-state index contributed by atoms with van der Waals surface area (Å²) in [5.41, 5.74) is 4.57. The van der Waals surface area contributed by atoms with Crippen LogP contribution in [-0.2, 0) is 0 Å². The Morgan fingerprint density at radius 1 is 1.26 bits per heavy atom. The summed E-state index contributed by atoms with van der Waals surface area (Å²) in [6.07, 6.45) is 5.30. The van der Waals surface area contributed by atoms with Gasteiger partial charge in [-0.15, -0.1) is 5.10 Å². The third-order valence-corrected chi connectivity index (χ3v) is 5.83. The second-order valence-corrected chi connectivity index (χ2v) is 8.18. The highest BCUT2D eigenvalue weighted by atomic mass is 35.5. The van der Waals surface area contributed by atoms with Gasteiger partial charge < -0.3 is 19.1 Å². The second kappa shape index (κ2) is 10.5. The number of halogens is 1. The molecule has 0 saturated carbocycles. The molecule has 1 aromatic carbocycles. The molecule has 1 aliphatic heterocycles. The van der Waals surface area contributed by atoms with E-state index in [4.69, 9.17) is 16.0 Å². The van der Waals surface area contributed by atoms with E-state index in [0.717, 1.165) is 55.3 Å². The van der Waals surface area contributed by atoms with E-state index in [0.29, 0.717) is 11.9 Å². The van der Waals surface area contributed by atoms with Crippen LogP contribution in [0.5, 0.6) is 0 Å². The zero-order chi connectivity index (χ0) is 22.4. The molecule has 2 aromatic rings. The fraction of sp³-hybridized carbons (Fsp3) is 0.417. The van der Waals surface area contributed by atoms with Gasteiger partial charge in [-0.25, -0.2) is 0 Å². The van der Waals surface area contributed by atoms with Crippen LogP contribution in [0.4, 0.5) is 6.01 Å². The number of nitrogens with zero attached hydrogens (tertiary/aromatic N) is 5. The van der Waals surface area contributed by atoms with Crippen molar-refractivity contribution in [2.24, 2.45) is 0 Å². The predicted octanol–water partition coefficient (Wildman–Crippen LogP) is 5.00. The van der Waals surface area contributed by atoms with Crippen LogP contribution in [0.3, 0.4) is 0 Å². The van der Waals surface area contributed by atoms with E-state index in [1.54, 1.807) is 0 Å². The van der Waals surface area contributed by atoms with Crippen LogP contribution in [-0.4, -0.2) is 59.8 Å². The molecule has 1 saturated heterocycles. The van der Waals surface area contributed by atoms with Crippen LogP contribution in [0.25, 0.3) is 5.57 Å². The van der Waals surface area contributed by atoms with Crippen molar-refractivity contribution in [2.75, 3.05) is 44.7 Å². The Balaban J connectivity index is 1.62. The minimum Gasteiger partial charge on any atom is -0.408 e. The molecule has 0 N–H and O–H groups in total. The van der Waals surface area contributed by atoms with Crippen molar-refractivity contribution in [1.29, 1.82) is 0 Å². The Morgan fingerprint density at radius 3 is 2.58 bits per heavy atom. The maximum Gasteiger partial charge on any atom is 0.318 e. The van der Waals surface area contributed by atoms with Crippen LogP contribution < -0.4 is 4.90 Å². The lowest BCUT2D eigenvalue weighted by Gasteiger charge is -2.38. The van der Waals surface area contributed by atoms with Gasteiger partial charge in [0.05, 0.1) is 6.54 Å². The van der Waals surface area contributed by atoms with Gasteiger partial charge in [-0.2, -0.15) is 0 Å². The van der Waals surface area contributed by atoms with Gasteiger partial charge in [-0.1, -0.05) is 48.4 Å². The largest absolute Gasteiger partial charge is 0.408 e. The molecule has 6 nitrogen and oxygen atoms in total. The molecule has 7 heteroatoms. The molecule has 2 heterocycles. The standard InChI is InChI=1S/C24H32ClN5O/c1-6-22(15-18(3)20-9-8-10-21(25)16-20)28(5)17-23(7-2)29-11-13-30(14-12-29)24-27-26-19(4)31-24/h7-10,15-16H,3,6,11-14,17H2,1-2,4-5H3/b22-15-,23-7?. The molecule has 1 aliphatic rings. The van der Waals surface area contributed by atoms with Crippen molar-refractivity contribution >= 4 is 23.2 Å². The Bertz CT molecular complexity index is 956. The molecule has 0 atom stereocenters. The number of likely N-dealkylation sites (N-methyl/N-ethyl adjacent to an activating group) is 1. The first kappa shape index (κ1) is 22.9. The molecular formula is C24H32ClN5O. The summed E-state index contributed by atoms with van der Waals surface area (Å²) >= 11 is 6.14. The molecule has 0 amide bonds. The maximum absolute atomic E-state index is 6.14. The molecule has 0 spiro atoms. The van der Waals surface area contributed by atoms with Gasteiger partial charge in [0.2, 0.25) is 5.89 Å². The molecule has 0 radical (unpaired) electrons. The van der Waals surface area contributed by atoms with Gasteiger partial charge in [0, 0.05) is 56.6 Å². The highest BCUT2D eigenvalue weighted by molar-refractivity contribution is 6.30. The van der Waals surface area contributed by atoms with Crippen LogP contribution in [0, 0.1) is 6.92 Å². The van der Waals surface area contributed by atoms with Gasteiger partial charge in [0.15, 0.2) is 0 Å². The number of aromatic nitrogens is 2. The summed E-state index contributed by atoms with van der Waals surface area (Å²) < 4.78 is 5.57. The molecule has 0 bridgehead atoms. The molecular weight excluding hydrogens is 410 g/mol. The summed E-state index contributed by atoms with van der Waals surface area (Å²) in [5.74, 6) is 0.603. The molecule has 31 heavy (non-hydrogen) atoms. The zero-order valence-corrected chi connectivity index (χ0v) is 19.7. The van der Waals surface area contributed by atoms with Crippen molar-refractivity contribution in [1.82, 2.24) is 20.0 Å². The Labute approximate surface area is 190 Å². The van der Waals surface area contributed by atoms with Gasteiger partial charge >= 0.3 is 6.01 Å². The Morgan fingerprint density at radius 2 is 2.00 bits per heavy atom. The smallest absolute Gasteiger partial charge is 0.318 e. The fourth-order valence-electron chi connectivity index (χ4n) is 3.77. The average molecular weight is 442 g/mol. The van der Waals surface area contributed by atoms with E-state index in [1.807, 2.05) is 31.2 Å². The first-order chi connectivity index (χ1) is 14.9. The average Bonchev–Trinajstić information content (AvgIpc) is 3.21. The topological polar surface area (TPSA) is 48.6 Å². The Kier molecular flexibility index (Phi) is 7.80. The molecule has 0 aliphatic carbocycles. The van der Waals surface area contributed by atoms with E-state index in [-0.39, 0.29) is 0 Å². The number of hydrogen-bond acceptors (Lipinski definition) is 6.